The summed E-state index contributed by atoms with van der Waals surface area (Å²) in [5.74, 6) is 0.603. The lowest BCUT2D eigenvalue weighted by Crippen LogP contribution is -2.41. The van der Waals surface area contributed by atoms with Gasteiger partial charge in [0.05, 0.1) is 6.10 Å². The van der Waals surface area contributed by atoms with Gasteiger partial charge in [-0.2, -0.15) is 0 Å². The van der Waals surface area contributed by atoms with Crippen LogP contribution in [0.15, 0.2) is 4.99 Å². The average Bonchev–Trinajstić information content (AvgIpc) is 2.86. The second-order valence-corrected chi connectivity index (χ2v) is 4.16. The Morgan fingerprint density at radius 2 is 2.06 bits per heavy atom. The molecule has 1 saturated heterocycles. The molecule has 6 heteroatoms. The van der Waals surface area contributed by atoms with Gasteiger partial charge in [0.25, 0.3) is 0 Å². The smallest absolute Gasteiger partial charge is 0.241 e. The van der Waals surface area contributed by atoms with Gasteiger partial charge >= 0.3 is 0 Å². The molecule has 0 spiro atoms. The molecular weight excluding hydrogens is 232 g/mol. The number of carbonyl (C=O) groups excluding carboxylic acids is 1. The molecule has 1 rings (SSSR count). The van der Waals surface area contributed by atoms with Crippen LogP contribution in [0.25, 0.3) is 0 Å². The number of nitrogens with zero attached hydrogens (tertiary/aromatic N) is 1. The first kappa shape index (κ1) is 14.8. The minimum Gasteiger partial charge on any atom is -0.376 e. The molecule has 0 aromatic rings. The lowest BCUT2D eigenvalue weighted by atomic mass is 10.2. The maximum absolute atomic E-state index is 11.3. The number of guanidine groups is 1. The first-order chi connectivity index (χ1) is 8.76. The quantitative estimate of drug-likeness (QED) is 0.457. The third-order valence-electron chi connectivity index (χ3n) is 2.62. The van der Waals surface area contributed by atoms with Crippen molar-refractivity contribution in [2.24, 2.45) is 4.99 Å². The van der Waals surface area contributed by atoms with Gasteiger partial charge in [0.15, 0.2) is 5.96 Å². The number of likely N-dealkylation sites (N-methyl/N-ethyl adjacent to an activating group) is 1. The van der Waals surface area contributed by atoms with Gasteiger partial charge in [-0.1, -0.05) is 0 Å². The lowest BCUT2D eigenvalue weighted by molar-refractivity contribution is -0.119. The number of nitrogens with one attached hydrogen (secondary N) is 3. The minimum absolute atomic E-state index is 0.0631. The van der Waals surface area contributed by atoms with Gasteiger partial charge in [0.1, 0.15) is 6.54 Å². The standard InChI is InChI=1S/C12H24N4O2/c1-3-13-11(17)9-16-12(14-4-2)15-8-10-6-5-7-18-10/h10H,3-9H2,1-2H3,(H,13,17)(H2,14,15,16). The van der Waals surface area contributed by atoms with Crippen LogP contribution in [-0.4, -0.2) is 50.8 Å². The van der Waals surface area contributed by atoms with E-state index in [9.17, 15) is 4.79 Å². The number of ether oxygens (including phenoxy) is 1. The molecule has 1 atom stereocenters. The first-order valence-electron chi connectivity index (χ1n) is 6.66. The van der Waals surface area contributed by atoms with Gasteiger partial charge in [-0.3, -0.25) is 4.79 Å². The zero-order chi connectivity index (χ0) is 13.2. The maximum Gasteiger partial charge on any atom is 0.241 e. The number of amides is 1. The van der Waals surface area contributed by atoms with E-state index in [0.29, 0.717) is 12.5 Å². The van der Waals surface area contributed by atoms with Crippen molar-refractivity contribution < 1.29 is 9.53 Å². The molecule has 0 saturated carbocycles. The summed E-state index contributed by atoms with van der Waals surface area (Å²) in [6.45, 7) is 7.02. The van der Waals surface area contributed by atoms with Crippen LogP contribution in [0.3, 0.4) is 0 Å². The molecule has 0 aliphatic carbocycles. The van der Waals surface area contributed by atoms with Crippen molar-refractivity contribution in [2.45, 2.75) is 32.8 Å². The number of rotatable bonds is 6. The molecule has 1 aliphatic rings. The highest BCUT2D eigenvalue weighted by Crippen LogP contribution is 2.10. The van der Waals surface area contributed by atoms with Crippen molar-refractivity contribution in [2.75, 3.05) is 32.8 Å². The SMILES string of the molecule is CCNC(=O)CN=C(NCC)NCC1CCCO1. The van der Waals surface area contributed by atoms with Crippen molar-refractivity contribution in [3.8, 4) is 0 Å². The monoisotopic (exact) mass is 256 g/mol. The summed E-state index contributed by atoms with van der Waals surface area (Å²) in [5, 5.41) is 9.02. The summed E-state index contributed by atoms with van der Waals surface area (Å²) in [6.07, 6.45) is 2.47. The molecule has 18 heavy (non-hydrogen) atoms. The molecule has 0 aromatic heterocycles. The normalized spacial score (nSPS) is 19.7. The van der Waals surface area contributed by atoms with Crippen LogP contribution in [0.5, 0.6) is 0 Å². The Hall–Kier alpha value is -1.30. The predicted octanol–water partition coefficient (Wildman–Crippen LogP) is -0.143. The van der Waals surface area contributed by atoms with E-state index in [0.717, 1.165) is 32.5 Å². The fourth-order valence-electron chi connectivity index (χ4n) is 1.76. The van der Waals surface area contributed by atoms with Crippen LogP contribution in [-0.2, 0) is 9.53 Å². The fourth-order valence-corrected chi connectivity index (χ4v) is 1.76. The summed E-state index contributed by atoms with van der Waals surface area (Å²) in [5.41, 5.74) is 0. The van der Waals surface area contributed by atoms with Crippen molar-refractivity contribution in [3.63, 3.8) is 0 Å². The van der Waals surface area contributed by atoms with Crippen LogP contribution in [0.1, 0.15) is 26.7 Å². The molecule has 1 amide bonds. The van der Waals surface area contributed by atoms with E-state index in [-0.39, 0.29) is 18.6 Å². The van der Waals surface area contributed by atoms with Crippen molar-refractivity contribution >= 4 is 11.9 Å². The highest BCUT2D eigenvalue weighted by molar-refractivity contribution is 5.84. The zero-order valence-electron chi connectivity index (χ0n) is 11.3. The topological polar surface area (TPSA) is 74.8 Å². The highest BCUT2D eigenvalue weighted by Gasteiger charge is 2.15. The van der Waals surface area contributed by atoms with Gasteiger partial charge in [0.2, 0.25) is 5.91 Å². The Morgan fingerprint density at radius 1 is 1.28 bits per heavy atom. The number of aliphatic imine (C=N–C) groups is 1. The Labute approximate surface area is 109 Å². The molecule has 1 unspecified atom stereocenters. The minimum atomic E-state index is -0.0631. The molecule has 1 fully saturated rings. The Bertz CT molecular complexity index is 275. The van der Waals surface area contributed by atoms with E-state index in [2.05, 4.69) is 20.9 Å². The van der Waals surface area contributed by atoms with Gasteiger partial charge in [0, 0.05) is 26.2 Å². The van der Waals surface area contributed by atoms with Gasteiger partial charge in [-0.05, 0) is 26.7 Å². The summed E-state index contributed by atoms with van der Waals surface area (Å²) in [7, 11) is 0. The van der Waals surface area contributed by atoms with E-state index in [1.807, 2.05) is 13.8 Å². The third-order valence-corrected chi connectivity index (χ3v) is 2.62. The second kappa shape index (κ2) is 8.74. The summed E-state index contributed by atoms with van der Waals surface area (Å²) >= 11 is 0. The van der Waals surface area contributed by atoms with Crippen molar-refractivity contribution in [1.82, 2.24) is 16.0 Å². The van der Waals surface area contributed by atoms with Crippen LogP contribution < -0.4 is 16.0 Å². The van der Waals surface area contributed by atoms with Gasteiger partial charge < -0.3 is 20.7 Å². The van der Waals surface area contributed by atoms with E-state index < -0.39 is 0 Å². The van der Waals surface area contributed by atoms with Gasteiger partial charge in [-0.25, -0.2) is 4.99 Å². The molecule has 104 valence electrons. The molecule has 1 aliphatic heterocycles. The van der Waals surface area contributed by atoms with Gasteiger partial charge in [-0.15, -0.1) is 0 Å². The summed E-state index contributed by atoms with van der Waals surface area (Å²) in [4.78, 5) is 15.5. The summed E-state index contributed by atoms with van der Waals surface area (Å²) < 4.78 is 5.52. The Morgan fingerprint density at radius 3 is 2.67 bits per heavy atom. The molecular formula is C12H24N4O2. The highest BCUT2D eigenvalue weighted by atomic mass is 16.5. The van der Waals surface area contributed by atoms with E-state index >= 15 is 0 Å². The molecule has 0 aromatic carbocycles. The van der Waals surface area contributed by atoms with Crippen molar-refractivity contribution in [1.29, 1.82) is 0 Å². The van der Waals surface area contributed by atoms with Crippen LogP contribution >= 0.6 is 0 Å². The second-order valence-electron chi connectivity index (χ2n) is 4.16. The number of carbonyl (C=O) groups is 1. The lowest BCUT2D eigenvalue weighted by Gasteiger charge is -2.14. The molecule has 0 radical (unpaired) electrons. The van der Waals surface area contributed by atoms with E-state index in [1.165, 1.54) is 0 Å². The maximum atomic E-state index is 11.3. The predicted molar refractivity (Wildman–Crippen MR) is 71.6 cm³/mol. The molecule has 0 bridgehead atoms. The van der Waals surface area contributed by atoms with Crippen LogP contribution in [0.2, 0.25) is 0 Å². The number of hydrogen-bond donors (Lipinski definition) is 3. The number of hydrogen-bond acceptors (Lipinski definition) is 3. The van der Waals surface area contributed by atoms with Crippen LogP contribution in [0, 0.1) is 0 Å². The largest absolute Gasteiger partial charge is 0.376 e. The molecule has 3 N–H and O–H groups in total. The third kappa shape index (κ3) is 5.86. The molecule has 1 heterocycles. The Balaban J connectivity index is 2.32. The van der Waals surface area contributed by atoms with Crippen LogP contribution in [0.4, 0.5) is 0 Å². The first-order valence-corrected chi connectivity index (χ1v) is 6.66. The fraction of sp³-hybridized carbons (Fsp3) is 0.833. The zero-order valence-corrected chi connectivity index (χ0v) is 11.3. The van der Waals surface area contributed by atoms with Crippen molar-refractivity contribution in [3.05, 3.63) is 0 Å². The summed E-state index contributed by atoms with van der Waals surface area (Å²) in [6, 6.07) is 0. The average molecular weight is 256 g/mol. The molecule has 6 nitrogen and oxygen atoms in total. The van der Waals surface area contributed by atoms with E-state index in [4.69, 9.17) is 4.74 Å². The Kier molecular flexibility index (Phi) is 7.17. The van der Waals surface area contributed by atoms with E-state index in [1.54, 1.807) is 0 Å².